The molecule has 0 aliphatic heterocycles. The first kappa shape index (κ1) is 12.1. The smallest absolute Gasteiger partial charge is 0.394 e. The van der Waals surface area contributed by atoms with Crippen molar-refractivity contribution in [2.45, 2.75) is 6.92 Å². The van der Waals surface area contributed by atoms with E-state index >= 15 is 0 Å². The zero-order valence-electron chi connectivity index (χ0n) is 9.93. The molecule has 2 aromatic rings. The van der Waals surface area contributed by atoms with E-state index in [1.807, 2.05) is 0 Å². The Bertz CT molecular complexity index is 602. The number of oxazole rings is 1. The maximum Gasteiger partial charge on any atom is 0.394 e. The van der Waals surface area contributed by atoms with E-state index < -0.39 is 11.8 Å². The number of hydrogen-bond acceptors (Lipinski definition) is 6. The number of aromatic nitrogens is 1. The fourth-order valence-corrected chi connectivity index (χ4v) is 1.51. The topological polar surface area (TPSA) is 78.6 Å². The van der Waals surface area contributed by atoms with Gasteiger partial charge in [0, 0.05) is 0 Å². The van der Waals surface area contributed by atoms with Crippen molar-refractivity contribution in [1.82, 2.24) is 4.98 Å². The molecule has 0 radical (unpaired) electrons. The standard InChI is InChI=1S/C12H11NO5/c1-3-17-11(15)10(14)7-5-4-6-8-9(7)13-12(16-2)18-8/h4-6H,3H2,1-2H3. The molecule has 1 aromatic carbocycles. The average Bonchev–Trinajstić information content (AvgIpc) is 2.80. The van der Waals surface area contributed by atoms with E-state index in [-0.39, 0.29) is 23.8 Å². The van der Waals surface area contributed by atoms with Crippen LogP contribution in [0, 0.1) is 0 Å². The fourth-order valence-electron chi connectivity index (χ4n) is 1.51. The molecule has 0 amide bonds. The molecule has 0 bridgehead atoms. The molecule has 0 aliphatic carbocycles. The summed E-state index contributed by atoms with van der Waals surface area (Å²) in [4.78, 5) is 27.2. The van der Waals surface area contributed by atoms with Crippen LogP contribution in [0.25, 0.3) is 11.1 Å². The van der Waals surface area contributed by atoms with Crippen molar-refractivity contribution >= 4 is 22.9 Å². The predicted octanol–water partition coefficient (Wildman–Crippen LogP) is 1.58. The van der Waals surface area contributed by atoms with Crippen LogP contribution in [0.15, 0.2) is 22.6 Å². The highest BCUT2D eigenvalue weighted by Gasteiger charge is 2.22. The van der Waals surface area contributed by atoms with Gasteiger partial charge in [0.15, 0.2) is 5.58 Å². The minimum atomic E-state index is -0.910. The molecule has 1 heterocycles. The lowest BCUT2D eigenvalue weighted by atomic mass is 10.1. The number of para-hydroxylation sites is 1. The monoisotopic (exact) mass is 249 g/mol. The first-order valence-electron chi connectivity index (χ1n) is 5.32. The van der Waals surface area contributed by atoms with Gasteiger partial charge in [-0.15, -0.1) is 0 Å². The van der Waals surface area contributed by atoms with E-state index in [1.54, 1.807) is 19.1 Å². The minimum Gasteiger partial charge on any atom is -0.460 e. The lowest BCUT2D eigenvalue weighted by molar-refractivity contribution is -0.137. The molecule has 18 heavy (non-hydrogen) atoms. The Labute approximate surface area is 103 Å². The summed E-state index contributed by atoms with van der Waals surface area (Å²) in [5, 5.41) is 0. The molecule has 0 atom stereocenters. The number of esters is 1. The molecule has 0 unspecified atom stereocenters. The number of ether oxygens (including phenoxy) is 2. The van der Waals surface area contributed by atoms with Gasteiger partial charge >= 0.3 is 12.0 Å². The van der Waals surface area contributed by atoms with Gasteiger partial charge in [0.1, 0.15) is 5.52 Å². The quantitative estimate of drug-likeness (QED) is 0.465. The molecule has 2 rings (SSSR count). The van der Waals surface area contributed by atoms with Crippen LogP contribution < -0.4 is 4.74 Å². The number of carbonyl (C=O) groups excluding carboxylic acids is 2. The van der Waals surface area contributed by atoms with E-state index in [0.717, 1.165) is 0 Å². The Balaban J connectivity index is 2.47. The van der Waals surface area contributed by atoms with E-state index in [2.05, 4.69) is 9.72 Å². The maximum absolute atomic E-state index is 11.8. The first-order chi connectivity index (χ1) is 8.67. The van der Waals surface area contributed by atoms with Crippen LogP contribution in [0.2, 0.25) is 0 Å². The average molecular weight is 249 g/mol. The minimum absolute atomic E-state index is 0.0362. The van der Waals surface area contributed by atoms with Crippen molar-refractivity contribution in [2.24, 2.45) is 0 Å². The third kappa shape index (κ3) is 2.04. The number of Topliss-reactive ketones (excluding diaryl/α,β-unsaturated/α-hetero) is 1. The summed E-state index contributed by atoms with van der Waals surface area (Å²) >= 11 is 0. The second-order valence-corrected chi connectivity index (χ2v) is 3.39. The van der Waals surface area contributed by atoms with Gasteiger partial charge in [-0.05, 0) is 19.1 Å². The van der Waals surface area contributed by atoms with Crippen LogP contribution in [-0.2, 0) is 9.53 Å². The Morgan fingerprint density at radius 3 is 2.83 bits per heavy atom. The molecular weight excluding hydrogens is 238 g/mol. The van der Waals surface area contributed by atoms with Crippen molar-refractivity contribution in [1.29, 1.82) is 0 Å². The lowest BCUT2D eigenvalue weighted by Crippen LogP contribution is -2.17. The molecule has 0 saturated heterocycles. The van der Waals surface area contributed by atoms with Crippen molar-refractivity contribution in [3.63, 3.8) is 0 Å². The van der Waals surface area contributed by atoms with Crippen molar-refractivity contribution in [3.05, 3.63) is 23.8 Å². The van der Waals surface area contributed by atoms with Crippen molar-refractivity contribution < 1.29 is 23.5 Å². The molecule has 0 aliphatic rings. The van der Waals surface area contributed by atoms with E-state index in [4.69, 9.17) is 9.15 Å². The highest BCUT2D eigenvalue weighted by atomic mass is 16.6. The van der Waals surface area contributed by atoms with Crippen LogP contribution in [0.4, 0.5) is 0 Å². The van der Waals surface area contributed by atoms with Gasteiger partial charge in [0.05, 0.1) is 19.3 Å². The van der Waals surface area contributed by atoms with E-state index in [0.29, 0.717) is 5.58 Å². The van der Waals surface area contributed by atoms with Crippen LogP contribution in [-0.4, -0.2) is 30.5 Å². The van der Waals surface area contributed by atoms with Gasteiger partial charge in [-0.2, -0.15) is 4.98 Å². The number of nitrogens with zero attached hydrogens (tertiary/aromatic N) is 1. The molecule has 0 N–H and O–H groups in total. The summed E-state index contributed by atoms with van der Waals surface area (Å²) in [7, 11) is 1.40. The SMILES string of the molecule is CCOC(=O)C(=O)c1cccc2oc(OC)nc12. The van der Waals surface area contributed by atoms with Crippen molar-refractivity contribution in [2.75, 3.05) is 13.7 Å². The van der Waals surface area contributed by atoms with E-state index in [9.17, 15) is 9.59 Å². The molecule has 0 spiro atoms. The summed E-state index contributed by atoms with van der Waals surface area (Å²) in [6.45, 7) is 1.77. The molecule has 94 valence electrons. The number of ketones is 1. The molecular formula is C12H11NO5. The second kappa shape index (κ2) is 4.87. The zero-order valence-corrected chi connectivity index (χ0v) is 9.93. The number of methoxy groups -OCH3 is 1. The largest absolute Gasteiger partial charge is 0.460 e. The Morgan fingerprint density at radius 1 is 1.39 bits per heavy atom. The Kier molecular flexibility index (Phi) is 3.27. The summed E-state index contributed by atoms with van der Waals surface area (Å²) < 4.78 is 14.7. The second-order valence-electron chi connectivity index (χ2n) is 3.39. The predicted molar refractivity (Wildman–Crippen MR) is 61.5 cm³/mol. The highest BCUT2D eigenvalue weighted by molar-refractivity contribution is 6.42. The summed E-state index contributed by atoms with van der Waals surface area (Å²) in [5.41, 5.74) is 0.799. The third-order valence-corrected chi connectivity index (χ3v) is 2.28. The van der Waals surface area contributed by atoms with E-state index in [1.165, 1.54) is 13.2 Å². The van der Waals surface area contributed by atoms with Gasteiger partial charge in [-0.25, -0.2) is 4.79 Å². The molecule has 0 fully saturated rings. The highest BCUT2D eigenvalue weighted by Crippen LogP contribution is 2.23. The van der Waals surface area contributed by atoms with Crippen LogP contribution >= 0.6 is 0 Å². The number of fused-ring (bicyclic) bond motifs is 1. The number of benzene rings is 1. The molecule has 6 nitrogen and oxygen atoms in total. The maximum atomic E-state index is 11.8. The van der Waals surface area contributed by atoms with Gasteiger partial charge < -0.3 is 13.9 Å². The van der Waals surface area contributed by atoms with Gasteiger partial charge in [0.2, 0.25) is 0 Å². The zero-order chi connectivity index (χ0) is 13.1. The first-order valence-corrected chi connectivity index (χ1v) is 5.32. The fraction of sp³-hybridized carbons (Fsp3) is 0.250. The molecule has 0 saturated carbocycles. The summed E-state index contributed by atoms with van der Waals surface area (Å²) in [5.74, 6) is -1.66. The number of hydrogen-bond donors (Lipinski definition) is 0. The van der Waals surface area contributed by atoms with Gasteiger partial charge in [0.25, 0.3) is 5.78 Å². The Morgan fingerprint density at radius 2 is 2.17 bits per heavy atom. The van der Waals surface area contributed by atoms with Crippen LogP contribution in [0.3, 0.4) is 0 Å². The normalized spacial score (nSPS) is 10.3. The number of carbonyl (C=O) groups is 2. The van der Waals surface area contributed by atoms with Crippen molar-refractivity contribution in [3.8, 4) is 6.08 Å². The van der Waals surface area contributed by atoms with Gasteiger partial charge in [-0.1, -0.05) is 6.07 Å². The summed E-state index contributed by atoms with van der Waals surface area (Å²) in [6, 6.07) is 4.72. The Hall–Kier alpha value is -2.37. The molecule has 6 heteroatoms. The lowest BCUT2D eigenvalue weighted by Gasteiger charge is -2.00. The van der Waals surface area contributed by atoms with Crippen LogP contribution in [0.1, 0.15) is 17.3 Å². The molecule has 1 aromatic heterocycles. The summed E-state index contributed by atoms with van der Waals surface area (Å²) in [6.07, 6.45) is 0.0362. The third-order valence-electron chi connectivity index (χ3n) is 2.28. The van der Waals surface area contributed by atoms with Gasteiger partial charge in [-0.3, -0.25) is 4.79 Å². The van der Waals surface area contributed by atoms with Crippen LogP contribution in [0.5, 0.6) is 6.08 Å². The number of rotatable bonds is 4.